The highest BCUT2D eigenvalue weighted by Gasteiger charge is 2.45. The van der Waals surface area contributed by atoms with E-state index in [0.29, 0.717) is 5.92 Å². The summed E-state index contributed by atoms with van der Waals surface area (Å²) < 4.78 is 0. The van der Waals surface area contributed by atoms with E-state index >= 15 is 0 Å². The summed E-state index contributed by atoms with van der Waals surface area (Å²) in [6.07, 6.45) is 4.36. The maximum absolute atomic E-state index is 12.5. The Labute approximate surface area is 115 Å². The molecule has 2 amide bonds. The van der Waals surface area contributed by atoms with Crippen molar-refractivity contribution in [1.29, 1.82) is 0 Å². The van der Waals surface area contributed by atoms with Crippen LogP contribution in [0.1, 0.15) is 53.4 Å². The highest BCUT2D eigenvalue weighted by atomic mass is 16.2. The maximum Gasteiger partial charge on any atom is 0.248 e. The molecule has 0 aromatic heterocycles. The second-order valence-electron chi connectivity index (χ2n) is 6.99. The minimum Gasteiger partial charge on any atom is -0.340 e. The summed E-state index contributed by atoms with van der Waals surface area (Å²) in [7, 11) is 0. The van der Waals surface area contributed by atoms with Gasteiger partial charge in [0.2, 0.25) is 11.8 Å². The number of carbonyl (C=O) groups is 2. The molecule has 0 spiro atoms. The van der Waals surface area contributed by atoms with E-state index in [9.17, 15) is 9.59 Å². The van der Waals surface area contributed by atoms with Crippen LogP contribution >= 0.6 is 0 Å². The lowest BCUT2D eigenvalue weighted by molar-refractivity contribution is -0.154. The van der Waals surface area contributed by atoms with Crippen molar-refractivity contribution in [2.24, 2.45) is 11.8 Å². The Hall–Kier alpha value is -1.06. The number of hydrogen-bond donors (Lipinski definition) is 1. The third-order valence-corrected chi connectivity index (χ3v) is 4.08. The van der Waals surface area contributed by atoms with Gasteiger partial charge in [0.05, 0.1) is 0 Å². The smallest absolute Gasteiger partial charge is 0.248 e. The molecular weight excluding hydrogens is 240 g/mol. The van der Waals surface area contributed by atoms with Crippen LogP contribution in [-0.4, -0.2) is 34.8 Å². The summed E-state index contributed by atoms with van der Waals surface area (Å²) in [5.41, 5.74) is -0.756. The molecule has 0 bridgehead atoms. The fraction of sp³-hybridized carbons (Fsp3) is 0.867. The van der Waals surface area contributed by atoms with E-state index < -0.39 is 5.54 Å². The van der Waals surface area contributed by atoms with Gasteiger partial charge in [-0.1, -0.05) is 26.7 Å². The molecule has 1 saturated heterocycles. The van der Waals surface area contributed by atoms with E-state index in [-0.39, 0.29) is 17.9 Å². The van der Waals surface area contributed by atoms with Crippen molar-refractivity contribution in [2.75, 3.05) is 6.54 Å². The van der Waals surface area contributed by atoms with Gasteiger partial charge < -0.3 is 10.2 Å². The minimum atomic E-state index is -0.756. The lowest BCUT2D eigenvalue weighted by Gasteiger charge is -2.43. The fourth-order valence-electron chi connectivity index (χ4n) is 2.75. The van der Waals surface area contributed by atoms with Crippen LogP contribution in [0.25, 0.3) is 0 Å². The largest absolute Gasteiger partial charge is 0.340 e. The summed E-state index contributed by atoms with van der Waals surface area (Å²) >= 11 is 0. The zero-order valence-electron chi connectivity index (χ0n) is 12.5. The van der Waals surface area contributed by atoms with Gasteiger partial charge in [-0.05, 0) is 38.5 Å². The summed E-state index contributed by atoms with van der Waals surface area (Å²) in [6, 6.07) is -0.278. The van der Waals surface area contributed by atoms with E-state index in [4.69, 9.17) is 0 Å². The molecule has 1 unspecified atom stereocenters. The number of carbonyl (C=O) groups excluding carboxylic acids is 2. The minimum absolute atomic E-state index is 0.00842. The van der Waals surface area contributed by atoms with Crippen LogP contribution in [-0.2, 0) is 9.59 Å². The van der Waals surface area contributed by atoms with Crippen molar-refractivity contribution in [3.05, 3.63) is 0 Å². The fourth-order valence-corrected chi connectivity index (χ4v) is 2.75. The Kier molecular flexibility index (Phi) is 3.88. The molecule has 2 fully saturated rings. The Morgan fingerprint density at radius 3 is 2.47 bits per heavy atom. The molecular formula is C15H26N2O2. The average molecular weight is 266 g/mol. The third-order valence-electron chi connectivity index (χ3n) is 4.08. The SMILES string of the molecule is CC(C)CC1C(=O)NC(C)(C)C(=O)N1CCC1CC1. The van der Waals surface area contributed by atoms with Crippen molar-refractivity contribution in [3.8, 4) is 0 Å². The second kappa shape index (κ2) is 5.14. The summed E-state index contributed by atoms with van der Waals surface area (Å²) in [4.78, 5) is 26.6. The monoisotopic (exact) mass is 266 g/mol. The molecule has 1 atom stereocenters. The van der Waals surface area contributed by atoms with Crippen LogP contribution in [0.15, 0.2) is 0 Å². The highest BCUT2D eigenvalue weighted by Crippen LogP contribution is 2.33. The van der Waals surface area contributed by atoms with Crippen LogP contribution < -0.4 is 5.32 Å². The number of amides is 2. The molecule has 2 aliphatic rings. The Bertz CT molecular complexity index is 372. The van der Waals surface area contributed by atoms with Crippen molar-refractivity contribution in [2.45, 2.75) is 65.0 Å². The van der Waals surface area contributed by atoms with Crippen molar-refractivity contribution in [3.63, 3.8) is 0 Å². The number of nitrogens with one attached hydrogen (secondary N) is 1. The maximum atomic E-state index is 12.5. The van der Waals surface area contributed by atoms with Gasteiger partial charge in [-0.25, -0.2) is 0 Å². The normalized spacial score (nSPS) is 26.8. The first-order valence-electron chi connectivity index (χ1n) is 7.44. The van der Waals surface area contributed by atoms with Gasteiger partial charge in [0.1, 0.15) is 11.6 Å². The molecule has 0 radical (unpaired) electrons. The van der Waals surface area contributed by atoms with E-state index in [0.717, 1.165) is 25.3 Å². The van der Waals surface area contributed by atoms with Crippen LogP contribution in [0.5, 0.6) is 0 Å². The Balaban J connectivity index is 2.11. The predicted molar refractivity (Wildman–Crippen MR) is 74.5 cm³/mol. The number of nitrogens with zero attached hydrogens (tertiary/aromatic N) is 1. The van der Waals surface area contributed by atoms with Crippen molar-refractivity contribution < 1.29 is 9.59 Å². The van der Waals surface area contributed by atoms with Crippen LogP contribution in [0.4, 0.5) is 0 Å². The molecule has 1 aliphatic carbocycles. The van der Waals surface area contributed by atoms with Crippen LogP contribution in [0.3, 0.4) is 0 Å². The average Bonchev–Trinajstić information content (AvgIpc) is 3.08. The van der Waals surface area contributed by atoms with Gasteiger partial charge in [0, 0.05) is 6.54 Å². The summed E-state index contributed by atoms with van der Waals surface area (Å²) in [6.45, 7) is 8.51. The van der Waals surface area contributed by atoms with Gasteiger partial charge in [-0.15, -0.1) is 0 Å². The van der Waals surface area contributed by atoms with E-state index in [1.54, 1.807) is 13.8 Å². The summed E-state index contributed by atoms with van der Waals surface area (Å²) in [5.74, 6) is 1.27. The third kappa shape index (κ3) is 3.28. The Morgan fingerprint density at radius 2 is 1.95 bits per heavy atom. The first kappa shape index (κ1) is 14.4. The molecule has 1 heterocycles. The van der Waals surface area contributed by atoms with Crippen LogP contribution in [0, 0.1) is 11.8 Å². The lowest BCUT2D eigenvalue weighted by Crippen LogP contribution is -2.68. The standard InChI is InChI=1S/C15H26N2O2/c1-10(2)9-12-13(18)16-15(3,4)14(19)17(12)8-7-11-5-6-11/h10-12H,5-9H2,1-4H3,(H,16,18). The Morgan fingerprint density at radius 1 is 1.32 bits per heavy atom. The number of hydrogen-bond acceptors (Lipinski definition) is 2. The quantitative estimate of drug-likeness (QED) is 0.826. The second-order valence-corrected chi connectivity index (χ2v) is 6.99. The molecule has 4 nitrogen and oxygen atoms in total. The molecule has 0 aromatic carbocycles. The number of rotatable bonds is 5. The van der Waals surface area contributed by atoms with E-state index in [1.165, 1.54) is 12.8 Å². The molecule has 108 valence electrons. The molecule has 4 heteroatoms. The zero-order valence-corrected chi connectivity index (χ0v) is 12.5. The van der Waals surface area contributed by atoms with Gasteiger partial charge in [-0.2, -0.15) is 0 Å². The molecule has 0 aromatic rings. The molecule has 1 saturated carbocycles. The van der Waals surface area contributed by atoms with Crippen LogP contribution in [0.2, 0.25) is 0 Å². The summed E-state index contributed by atoms with van der Waals surface area (Å²) in [5, 5.41) is 2.86. The van der Waals surface area contributed by atoms with E-state index in [2.05, 4.69) is 19.2 Å². The molecule has 2 rings (SSSR count). The number of piperazine rings is 1. The molecule has 1 N–H and O–H groups in total. The highest BCUT2D eigenvalue weighted by molar-refractivity contribution is 5.99. The van der Waals surface area contributed by atoms with Crippen molar-refractivity contribution >= 4 is 11.8 Å². The lowest BCUT2D eigenvalue weighted by atomic mass is 9.92. The topological polar surface area (TPSA) is 49.4 Å². The van der Waals surface area contributed by atoms with Crippen molar-refractivity contribution in [1.82, 2.24) is 10.2 Å². The van der Waals surface area contributed by atoms with Gasteiger partial charge in [0.15, 0.2) is 0 Å². The molecule has 1 aliphatic heterocycles. The predicted octanol–water partition coefficient (Wildman–Crippen LogP) is 1.94. The zero-order chi connectivity index (χ0) is 14.2. The van der Waals surface area contributed by atoms with Gasteiger partial charge in [0.25, 0.3) is 0 Å². The van der Waals surface area contributed by atoms with Gasteiger partial charge in [-0.3, -0.25) is 9.59 Å². The molecule has 19 heavy (non-hydrogen) atoms. The van der Waals surface area contributed by atoms with E-state index in [1.807, 2.05) is 4.90 Å². The first-order valence-corrected chi connectivity index (χ1v) is 7.44. The first-order chi connectivity index (χ1) is 8.81. The van der Waals surface area contributed by atoms with Gasteiger partial charge >= 0.3 is 0 Å².